The molecular weight excluding hydrogens is 431 g/mol. The molecule has 0 bridgehead atoms. The SMILES string of the molecule is O=C(CSc1nnnn1-c1ccccc1Cl)NCCc1c[nH]c2ccc(Cl)cc12. The molecule has 0 aliphatic rings. The second kappa shape index (κ2) is 8.86. The Balaban J connectivity index is 1.32. The van der Waals surface area contributed by atoms with Crippen molar-refractivity contribution in [1.29, 1.82) is 0 Å². The van der Waals surface area contributed by atoms with Gasteiger partial charge in [-0.25, -0.2) is 0 Å². The Labute approximate surface area is 180 Å². The fourth-order valence-electron chi connectivity index (χ4n) is 2.92. The molecule has 2 aromatic heterocycles. The van der Waals surface area contributed by atoms with Crippen molar-refractivity contribution in [2.24, 2.45) is 0 Å². The van der Waals surface area contributed by atoms with Crippen LogP contribution in [0.1, 0.15) is 5.56 Å². The molecule has 0 saturated carbocycles. The van der Waals surface area contributed by atoms with Crippen LogP contribution in [0.4, 0.5) is 0 Å². The molecular formula is C19H16Cl2N6OS. The number of rotatable bonds is 7. The van der Waals surface area contributed by atoms with Gasteiger partial charge in [0.1, 0.15) is 0 Å². The van der Waals surface area contributed by atoms with Crippen molar-refractivity contribution in [3.05, 3.63) is 64.3 Å². The van der Waals surface area contributed by atoms with Gasteiger partial charge in [0.15, 0.2) is 0 Å². The highest BCUT2D eigenvalue weighted by Gasteiger charge is 2.13. The van der Waals surface area contributed by atoms with Gasteiger partial charge in [-0.15, -0.1) is 5.10 Å². The summed E-state index contributed by atoms with van der Waals surface area (Å²) < 4.78 is 1.52. The molecule has 10 heteroatoms. The number of benzene rings is 2. The van der Waals surface area contributed by atoms with Gasteiger partial charge in [-0.1, -0.05) is 47.1 Å². The molecule has 0 saturated heterocycles. The zero-order valence-corrected chi connectivity index (χ0v) is 17.4. The predicted molar refractivity (Wildman–Crippen MR) is 115 cm³/mol. The number of nitrogens with zero attached hydrogens (tertiary/aromatic N) is 4. The third-order valence-corrected chi connectivity index (χ3v) is 5.77. The summed E-state index contributed by atoms with van der Waals surface area (Å²) in [5.74, 6) is 0.103. The van der Waals surface area contributed by atoms with Gasteiger partial charge in [0.05, 0.1) is 16.5 Å². The van der Waals surface area contributed by atoms with Crippen molar-refractivity contribution in [3.63, 3.8) is 0 Å². The molecule has 29 heavy (non-hydrogen) atoms. The molecule has 2 heterocycles. The van der Waals surface area contributed by atoms with Crippen LogP contribution in [-0.2, 0) is 11.2 Å². The van der Waals surface area contributed by atoms with E-state index in [1.165, 1.54) is 16.4 Å². The van der Waals surface area contributed by atoms with Crippen LogP contribution in [0, 0.1) is 0 Å². The standard InChI is InChI=1S/C19H16Cl2N6OS/c20-13-5-6-16-14(9-13)12(10-23-16)7-8-22-18(28)11-29-19-24-25-26-27(19)17-4-2-1-3-15(17)21/h1-6,9-10,23H,7-8,11H2,(H,22,28). The second-order valence-corrected chi connectivity index (χ2v) is 8.00. The highest BCUT2D eigenvalue weighted by Crippen LogP contribution is 2.24. The van der Waals surface area contributed by atoms with E-state index in [4.69, 9.17) is 23.2 Å². The first-order chi connectivity index (χ1) is 14.1. The molecule has 1 amide bonds. The Kier molecular flexibility index (Phi) is 6.03. The van der Waals surface area contributed by atoms with Crippen molar-refractivity contribution < 1.29 is 4.79 Å². The molecule has 0 fully saturated rings. The molecule has 2 N–H and O–H groups in total. The van der Waals surface area contributed by atoms with Crippen LogP contribution in [0.2, 0.25) is 10.0 Å². The molecule has 7 nitrogen and oxygen atoms in total. The zero-order chi connectivity index (χ0) is 20.2. The van der Waals surface area contributed by atoms with E-state index in [-0.39, 0.29) is 11.7 Å². The van der Waals surface area contributed by atoms with Gasteiger partial charge in [-0.2, -0.15) is 4.68 Å². The number of fused-ring (bicyclic) bond motifs is 1. The van der Waals surface area contributed by atoms with Crippen LogP contribution in [0.15, 0.2) is 53.8 Å². The molecule has 0 spiro atoms. The molecule has 0 aliphatic heterocycles. The van der Waals surface area contributed by atoms with Crippen LogP contribution >= 0.6 is 35.0 Å². The Morgan fingerprint density at radius 3 is 2.93 bits per heavy atom. The number of tetrazole rings is 1. The minimum Gasteiger partial charge on any atom is -0.361 e. The summed E-state index contributed by atoms with van der Waals surface area (Å²) in [6.07, 6.45) is 2.65. The van der Waals surface area contributed by atoms with Crippen molar-refractivity contribution in [2.75, 3.05) is 12.3 Å². The van der Waals surface area contributed by atoms with E-state index in [2.05, 4.69) is 25.8 Å². The van der Waals surface area contributed by atoms with Gasteiger partial charge >= 0.3 is 0 Å². The quantitative estimate of drug-likeness (QED) is 0.420. The van der Waals surface area contributed by atoms with Gasteiger partial charge in [0, 0.05) is 28.7 Å². The Hall–Kier alpha value is -2.55. The molecule has 0 radical (unpaired) electrons. The maximum absolute atomic E-state index is 12.2. The number of H-pyrrole nitrogens is 1. The molecule has 4 rings (SSSR count). The summed E-state index contributed by atoms with van der Waals surface area (Å²) >= 11 is 13.5. The minimum absolute atomic E-state index is 0.0958. The van der Waals surface area contributed by atoms with Crippen LogP contribution in [-0.4, -0.2) is 43.4 Å². The number of nitrogens with one attached hydrogen (secondary N) is 2. The number of amides is 1. The molecule has 148 valence electrons. The predicted octanol–water partition coefficient (Wildman–Crippen LogP) is 3.90. The van der Waals surface area contributed by atoms with Crippen LogP contribution in [0.25, 0.3) is 16.6 Å². The highest BCUT2D eigenvalue weighted by atomic mass is 35.5. The first-order valence-corrected chi connectivity index (χ1v) is 10.5. The van der Waals surface area contributed by atoms with Crippen LogP contribution < -0.4 is 5.32 Å². The third-order valence-electron chi connectivity index (χ3n) is 4.30. The second-order valence-electron chi connectivity index (χ2n) is 6.22. The number of carbonyl (C=O) groups excluding carboxylic acids is 1. The number of hydrogen-bond acceptors (Lipinski definition) is 5. The third kappa shape index (κ3) is 4.55. The summed E-state index contributed by atoms with van der Waals surface area (Å²) in [5.41, 5.74) is 2.80. The van der Waals surface area contributed by atoms with E-state index in [1.54, 1.807) is 6.07 Å². The van der Waals surface area contributed by atoms with E-state index in [0.29, 0.717) is 33.9 Å². The van der Waals surface area contributed by atoms with Gasteiger partial charge < -0.3 is 10.3 Å². The number of halogens is 2. The van der Waals surface area contributed by atoms with Crippen LogP contribution in [0.5, 0.6) is 0 Å². The maximum Gasteiger partial charge on any atom is 0.230 e. The van der Waals surface area contributed by atoms with Crippen LogP contribution in [0.3, 0.4) is 0 Å². The number of aromatic nitrogens is 5. The van der Waals surface area contributed by atoms with Crippen molar-refractivity contribution in [1.82, 2.24) is 30.5 Å². The topological polar surface area (TPSA) is 88.5 Å². The highest BCUT2D eigenvalue weighted by molar-refractivity contribution is 7.99. The lowest BCUT2D eigenvalue weighted by molar-refractivity contribution is -0.118. The molecule has 0 unspecified atom stereocenters. The smallest absolute Gasteiger partial charge is 0.230 e. The lowest BCUT2D eigenvalue weighted by Crippen LogP contribution is -2.27. The lowest BCUT2D eigenvalue weighted by Gasteiger charge is -2.07. The number of carbonyl (C=O) groups is 1. The Morgan fingerprint density at radius 1 is 1.21 bits per heavy atom. The Bertz CT molecular complexity index is 1160. The van der Waals surface area contributed by atoms with Gasteiger partial charge in [0.25, 0.3) is 0 Å². The molecule has 2 aromatic carbocycles. The first kappa shape index (κ1) is 19.8. The number of hydrogen-bond donors (Lipinski definition) is 2. The monoisotopic (exact) mass is 446 g/mol. The first-order valence-electron chi connectivity index (χ1n) is 8.80. The summed E-state index contributed by atoms with van der Waals surface area (Å²) in [6.45, 7) is 0.522. The zero-order valence-electron chi connectivity index (χ0n) is 15.1. The summed E-state index contributed by atoms with van der Waals surface area (Å²) in [4.78, 5) is 15.4. The fraction of sp³-hybridized carbons (Fsp3) is 0.158. The summed E-state index contributed by atoms with van der Waals surface area (Å²) in [7, 11) is 0. The van der Waals surface area contributed by atoms with E-state index in [9.17, 15) is 4.79 Å². The average molecular weight is 447 g/mol. The van der Waals surface area contributed by atoms with E-state index in [1.807, 2.05) is 42.6 Å². The maximum atomic E-state index is 12.2. The molecule has 0 aliphatic carbocycles. The Morgan fingerprint density at radius 2 is 2.07 bits per heavy atom. The molecule has 0 atom stereocenters. The van der Waals surface area contributed by atoms with E-state index >= 15 is 0 Å². The minimum atomic E-state index is -0.0958. The van der Waals surface area contributed by atoms with E-state index < -0.39 is 0 Å². The van der Waals surface area contributed by atoms with Gasteiger partial charge in [-0.05, 0) is 52.7 Å². The summed E-state index contributed by atoms with van der Waals surface area (Å²) in [5, 5.41) is 17.3. The number of thioether (sulfide) groups is 1. The average Bonchev–Trinajstić information content (AvgIpc) is 3.34. The summed E-state index contributed by atoms with van der Waals surface area (Å²) in [6, 6.07) is 13.0. The van der Waals surface area contributed by atoms with Crippen molar-refractivity contribution in [3.8, 4) is 5.69 Å². The largest absolute Gasteiger partial charge is 0.361 e. The molecule has 4 aromatic rings. The fourth-order valence-corrected chi connectivity index (χ4v) is 4.02. The van der Waals surface area contributed by atoms with E-state index in [0.717, 1.165) is 16.5 Å². The normalized spacial score (nSPS) is 11.1. The lowest BCUT2D eigenvalue weighted by atomic mass is 10.1. The van der Waals surface area contributed by atoms with Gasteiger partial charge in [-0.3, -0.25) is 4.79 Å². The number of aromatic amines is 1. The van der Waals surface area contributed by atoms with Crippen molar-refractivity contribution >= 4 is 51.8 Å². The number of para-hydroxylation sites is 1. The van der Waals surface area contributed by atoms with Crippen molar-refractivity contribution in [2.45, 2.75) is 11.6 Å². The van der Waals surface area contributed by atoms with Gasteiger partial charge in [0.2, 0.25) is 11.1 Å².